The Bertz CT molecular complexity index is 439. The third-order valence-electron chi connectivity index (χ3n) is 3.39. The van der Waals surface area contributed by atoms with Crippen LogP contribution in [0, 0.1) is 0 Å². The Hall–Kier alpha value is -1.59. The molecule has 20 heavy (non-hydrogen) atoms. The lowest BCUT2D eigenvalue weighted by Crippen LogP contribution is -2.47. The number of carbonyl (C=O) groups excluding carboxylic acids is 1. The molecule has 0 aromatic heterocycles. The van der Waals surface area contributed by atoms with E-state index in [0.29, 0.717) is 12.4 Å². The zero-order chi connectivity index (χ0) is 14.4. The van der Waals surface area contributed by atoms with E-state index < -0.39 is 0 Å². The SMILES string of the molecule is CCOc1ccc(OC(=O)CNC2(C)CCNC2)cc1. The van der Waals surface area contributed by atoms with Crippen molar-refractivity contribution < 1.29 is 14.3 Å². The maximum atomic E-state index is 11.8. The van der Waals surface area contributed by atoms with Gasteiger partial charge < -0.3 is 20.1 Å². The zero-order valence-electron chi connectivity index (χ0n) is 12.1. The fourth-order valence-electron chi connectivity index (χ4n) is 2.19. The third kappa shape index (κ3) is 4.21. The van der Waals surface area contributed by atoms with Gasteiger partial charge in [0.2, 0.25) is 0 Å². The van der Waals surface area contributed by atoms with Crippen LogP contribution in [-0.2, 0) is 4.79 Å². The molecule has 0 radical (unpaired) electrons. The Morgan fingerprint density at radius 1 is 1.35 bits per heavy atom. The van der Waals surface area contributed by atoms with Gasteiger partial charge >= 0.3 is 5.97 Å². The summed E-state index contributed by atoms with van der Waals surface area (Å²) < 4.78 is 10.6. The van der Waals surface area contributed by atoms with E-state index in [1.165, 1.54) is 0 Å². The van der Waals surface area contributed by atoms with E-state index in [1.54, 1.807) is 24.3 Å². The van der Waals surface area contributed by atoms with Crippen LogP contribution < -0.4 is 20.1 Å². The summed E-state index contributed by atoms with van der Waals surface area (Å²) in [5, 5.41) is 6.52. The molecule has 5 heteroatoms. The van der Waals surface area contributed by atoms with Crippen LogP contribution in [0.25, 0.3) is 0 Å². The second-order valence-corrected chi connectivity index (χ2v) is 5.22. The van der Waals surface area contributed by atoms with Crippen molar-refractivity contribution in [2.24, 2.45) is 0 Å². The number of hydrogen-bond donors (Lipinski definition) is 2. The predicted octanol–water partition coefficient (Wildman–Crippen LogP) is 1.33. The molecule has 1 aliphatic rings. The maximum Gasteiger partial charge on any atom is 0.325 e. The average Bonchev–Trinajstić information content (AvgIpc) is 2.87. The highest BCUT2D eigenvalue weighted by Crippen LogP contribution is 2.18. The summed E-state index contributed by atoms with van der Waals surface area (Å²) in [6, 6.07) is 7.06. The molecule has 2 N–H and O–H groups in total. The van der Waals surface area contributed by atoms with E-state index in [1.807, 2.05) is 6.92 Å². The van der Waals surface area contributed by atoms with Gasteiger partial charge in [-0.05, 0) is 51.1 Å². The minimum atomic E-state index is -0.276. The van der Waals surface area contributed by atoms with Gasteiger partial charge in [-0.15, -0.1) is 0 Å². The minimum Gasteiger partial charge on any atom is -0.494 e. The molecule has 5 nitrogen and oxygen atoms in total. The van der Waals surface area contributed by atoms with E-state index in [-0.39, 0.29) is 18.1 Å². The first kappa shape index (κ1) is 14.8. The summed E-state index contributed by atoms with van der Waals surface area (Å²) in [6.07, 6.45) is 1.02. The van der Waals surface area contributed by atoms with Gasteiger partial charge in [-0.2, -0.15) is 0 Å². The van der Waals surface area contributed by atoms with Crippen LogP contribution in [0.4, 0.5) is 0 Å². The van der Waals surface area contributed by atoms with Gasteiger partial charge in [0.15, 0.2) is 0 Å². The number of carbonyl (C=O) groups is 1. The van der Waals surface area contributed by atoms with Crippen molar-refractivity contribution in [1.29, 1.82) is 0 Å². The molecule has 0 bridgehead atoms. The average molecular weight is 278 g/mol. The molecule has 1 aromatic carbocycles. The summed E-state index contributed by atoms with van der Waals surface area (Å²) in [5.74, 6) is 1.03. The monoisotopic (exact) mass is 278 g/mol. The van der Waals surface area contributed by atoms with E-state index >= 15 is 0 Å². The molecule has 1 aromatic rings. The van der Waals surface area contributed by atoms with Crippen LogP contribution in [-0.4, -0.2) is 37.7 Å². The highest BCUT2D eigenvalue weighted by atomic mass is 16.5. The number of ether oxygens (including phenoxy) is 2. The first-order valence-corrected chi connectivity index (χ1v) is 7.00. The fourth-order valence-corrected chi connectivity index (χ4v) is 2.19. The predicted molar refractivity (Wildman–Crippen MR) is 77.1 cm³/mol. The van der Waals surface area contributed by atoms with Crippen molar-refractivity contribution in [3.63, 3.8) is 0 Å². The summed E-state index contributed by atoms with van der Waals surface area (Å²) in [6.45, 7) is 6.73. The Labute approximate surface area is 119 Å². The van der Waals surface area contributed by atoms with Crippen LogP contribution >= 0.6 is 0 Å². The summed E-state index contributed by atoms with van der Waals surface area (Å²) >= 11 is 0. The van der Waals surface area contributed by atoms with Crippen LogP contribution in [0.5, 0.6) is 11.5 Å². The Morgan fingerprint density at radius 2 is 2.05 bits per heavy atom. The van der Waals surface area contributed by atoms with Gasteiger partial charge in [0, 0.05) is 12.1 Å². The number of esters is 1. The van der Waals surface area contributed by atoms with E-state index in [0.717, 1.165) is 25.3 Å². The molecule has 1 atom stereocenters. The highest BCUT2D eigenvalue weighted by Gasteiger charge is 2.28. The minimum absolute atomic E-state index is 0.0160. The third-order valence-corrected chi connectivity index (χ3v) is 3.39. The van der Waals surface area contributed by atoms with Crippen LogP contribution in [0.15, 0.2) is 24.3 Å². The lowest BCUT2D eigenvalue weighted by atomic mass is 10.0. The number of hydrogen-bond acceptors (Lipinski definition) is 5. The first-order chi connectivity index (χ1) is 9.61. The molecule has 110 valence electrons. The van der Waals surface area contributed by atoms with Crippen LogP contribution in [0.2, 0.25) is 0 Å². The number of rotatable bonds is 6. The number of nitrogens with one attached hydrogen (secondary N) is 2. The van der Waals surface area contributed by atoms with Gasteiger partial charge in [0.05, 0.1) is 13.2 Å². The maximum absolute atomic E-state index is 11.8. The summed E-state index contributed by atoms with van der Waals surface area (Å²) in [4.78, 5) is 11.8. The molecule has 0 spiro atoms. The topological polar surface area (TPSA) is 59.6 Å². The first-order valence-electron chi connectivity index (χ1n) is 7.00. The Morgan fingerprint density at radius 3 is 2.65 bits per heavy atom. The molecule has 1 saturated heterocycles. The Kier molecular flexibility index (Phi) is 4.98. The number of benzene rings is 1. The van der Waals surface area contributed by atoms with Gasteiger partial charge in [0.1, 0.15) is 11.5 Å². The molecule has 1 fully saturated rings. The van der Waals surface area contributed by atoms with Gasteiger partial charge in [-0.1, -0.05) is 0 Å². The molecule has 2 rings (SSSR count). The van der Waals surface area contributed by atoms with E-state index in [9.17, 15) is 4.79 Å². The smallest absolute Gasteiger partial charge is 0.325 e. The largest absolute Gasteiger partial charge is 0.494 e. The molecule has 0 saturated carbocycles. The van der Waals surface area contributed by atoms with E-state index in [2.05, 4.69) is 17.6 Å². The molecule has 0 aliphatic carbocycles. The molecule has 1 unspecified atom stereocenters. The van der Waals surface area contributed by atoms with Crippen LogP contribution in [0.1, 0.15) is 20.3 Å². The van der Waals surface area contributed by atoms with Gasteiger partial charge in [-0.25, -0.2) is 0 Å². The van der Waals surface area contributed by atoms with Crippen molar-refractivity contribution in [2.75, 3.05) is 26.2 Å². The van der Waals surface area contributed by atoms with Gasteiger partial charge in [0.25, 0.3) is 0 Å². The molecule has 1 aliphatic heterocycles. The Balaban J connectivity index is 1.79. The zero-order valence-corrected chi connectivity index (χ0v) is 12.1. The van der Waals surface area contributed by atoms with Crippen LogP contribution in [0.3, 0.4) is 0 Å². The molecular weight excluding hydrogens is 256 g/mol. The van der Waals surface area contributed by atoms with Crippen molar-refractivity contribution >= 4 is 5.97 Å². The lowest BCUT2D eigenvalue weighted by Gasteiger charge is -2.23. The van der Waals surface area contributed by atoms with Crippen molar-refractivity contribution in [2.45, 2.75) is 25.8 Å². The standard InChI is InChI=1S/C15H22N2O3/c1-3-19-12-4-6-13(7-5-12)20-14(18)10-17-15(2)8-9-16-11-15/h4-7,16-17H,3,8-11H2,1-2H3. The van der Waals surface area contributed by atoms with Crippen molar-refractivity contribution in [1.82, 2.24) is 10.6 Å². The van der Waals surface area contributed by atoms with Gasteiger partial charge in [-0.3, -0.25) is 4.79 Å². The van der Waals surface area contributed by atoms with Crippen molar-refractivity contribution in [3.05, 3.63) is 24.3 Å². The normalized spacial score (nSPS) is 21.7. The molecule has 0 amide bonds. The van der Waals surface area contributed by atoms with Crippen molar-refractivity contribution in [3.8, 4) is 11.5 Å². The lowest BCUT2D eigenvalue weighted by molar-refractivity contribution is -0.133. The second-order valence-electron chi connectivity index (χ2n) is 5.22. The second kappa shape index (κ2) is 6.72. The summed E-state index contributed by atoms with van der Waals surface area (Å²) in [5.41, 5.74) is -0.0160. The fraction of sp³-hybridized carbons (Fsp3) is 0.533. The summed E-state index contributed by atoms with van der Waals surface area (Å²) in [7, 11) is 0. The highest BCUT2D eigenvalue weighted by molar-refractivity contribution is 5.74. The molecular formula is C15H22N2O3. The molecule has 1 heterocycles. The quantitative estimate of drug-likeness (QED) is 0.607. The van der Waals surface area contributed by atoms with E-state index in [4.69, 9.17) is 9.47 Å².